The summed E-state index contributed by atoms with van der Waals surface area (Å²) in [6.07, 6.45) is 4.10. The first-order valence-corrected chi connectivity index (χ1v) is 8.64. The molecule has 1 amide bonds. The van der Waals surface area contributed by atoms with Gasteiger partial charge < -0.3 is 10.6 Å². The molecule has 0 radical (unpaired) electrons. The highest BCUT2D eigenvalue weighted by Gasteiger charge is 2.18. The number of nitrogens with zero attached hydrogens (tertiary/aromatic N) is 3. The lowest BCUT2D eigenvalue weighted by molar-refractivity contribution is 0.102. The maximum Gasteiger partial charge on any atom is 0.276 e. The van der Waals surface area contributed by atoms with E-state index in [2.05, 4.69) is 20.7 Å². The minimum atomic E-state index is -0.210. The van der Waals surface area contributed by atoms with Crippen molar-refractivity contribution in [1.82, 2.24) is 20.1 Å². The van der Waals surface area contributed by atoms with Gasteiger partial charge >= 0.3 is 0 Å². The number of aryl methyl sites for hydroxylation is 1. The predicted octanol–water partition coefficient (Wildman–Crippen LogP) is 3.34. The topological polar surface area (TPSA) is 71.8 Å². The second-order valence-corrected chi connectivity index (χ2v) is 6.47. The number of pyridine rings is 1. The standard InChI is InChI=1S/C19H21N5O.ClH/c1-13-7-8-14-4-2-6-16(18(14)21-13)22-19(25)17-9-11-24(23-17)15-5-3-10-20-12-15;/h2,4,6-9,11,15,20H,3,5,10,12H2,1H3,(H,22,25);1H. The van der Waals surface area contributed by atoms with Gasteiger partial charge in [0.05, 0.1) is 17.2 Å². The van der Waals surface area contributed by atoms with E-state index in [1.165, 1.54) is 0 Å². The summed E-state index contributed by atoms with van der Waals surface area (Å²) < 4.78 is 1.90. The Morgan fingerprint density at radius 1 is 1.27 bits per heavy atom. The van der Waals surface area contributed by atoms with Crippen molar-refractivity contribution < 1.29 is 4.79 Å². The number of nitrogens with one attached hydrogen (secondary N) is 2. The number of benzene rings is 1. The van der Waals surface area contributed by atoms with Gasteiger partial charge in [-0.25, -0.2) is 0 Å². The molecule has 1 aliphatic rings. The summed E-state index contributed by atoms with van der Waals surface area (Å²) in [7, 11) is 0. The van der Waals surface area contributed by atoms with E-state index in [1.54, 1.807) is 6.07 Å². The molecule has 1 fully saturated rings. The zero-order valence-electron chi connectivity index (χ0n) is 14.6. The van der Waals surface area contributed by atoms with Crippen LogP contribution in [0.25, 0.3) is 10.9 Å². The van der Waals surface area contributed by atoms with Crippen LogP contribution in [-0.4, -0.2) is 33.8 Å². The quantitative estimate of drug-likeness (QED) is 0.740. The SMILES string of the molecule is Cc1ccc2cccc(NC(=O)c3ccn(C4CCCNC4)n3)c2n1.Cl. The monoisotopic (exact) mass is 371 g/mol. The van der Waals surface area contributed by atoms with E-state index in [1.807, 2.05) is 48.1 Å². The molecular weight excluding hydrogens is 350 g/mol. The van der Waals surface area contributed by atoms with Gasteiger partial charge in [-0.15, -0.1) is 12.4 Å². The van der Waals surface area contributed by atoms with Crippen LogP contribution in [0.4, 0.5) is 5.69 Å². The maximum absolute atomic E-state index is 12.6. The summed E-state index contributed by atoms with van der Waals surface area (Å²) in [6, 6.07) is 11.8. The van der Waals surface area contributed by atoms with Crippen LogP contribution >= 0.6 is 12.4 Å². The molecule has 0 bridgehead atoms. The van der Waals surface area contributed by atoms with Gasteiger partial charge in [-0.3, -0.25) is 14.5 Å². The van der Waals surface area contributed by atoms with E-state index < -0.39 is 0 Å². The Morgan fingerprint density at radius 3 is 2.96 bits per heavy atom. The number of halogens is 1. The fraction of sp³-hybridized carbons (Fsp3) is 0.316. The van der Waals surface area contributed by atoms with Crippen molar-refractivity contribution in [2.75, 3.05) is 18.4 Å². The molecule has 2 N–H and O–H groups in total. The molecule has 2 aromatic heterocycles. The largest absolute Gasteiger partial charge is 0.319 e. The van der Waals surface area contributed by atoms with Gasteiger partial charge in [0.25, 0.3) is 5.91 Å². The summed E-state index contributed by atoms with van der Waals surface area (Å²) in [4.78, 5) is 17.2. The normalized spacial score (nSPS) is 16.9. The minimum Gasteiger partial charge on any atom is -0.319 e. The molecule has 1 unspecified atom stereocenters. The summed E-state index contributed by atoms with van der Waals surface area (Å²) in [6.45, 7) is 3.89. The highest BCUT2D eigenvalue weighted by atomic mass is 35.5. The van der Waals surface area contributed by atoms with Crippen molar-refractivity contribution in [1.29, 1.82) is 0 Å². The third-order valence-electron chi connectivity index (χ3n) is 4.59. The van der Waals surface area contributed by atoms with Crippen molar-refractivity contribution in [2.45, 2.75) is 25.8 Å². The molecule has 26 heavy (non-hydrogen) atoms. The van der Waals surface area contributed by atoms with Gasteiger partial charge in [0.15, 0.2) is 5.69 Å². The zero-order valence-corrected chi connectivity index (χ0v) is 15.4. The smallest absolute Gasteiger partial charge is 0.276 e. The van der Waals surface area contributed by atoms with Gasteiger partial charge in [-0.1, -0.05) is 18.2 Å². The molecule has 1 aliphatic heterocycles. The molecular formula is C19H22ClN5O. The number of aromatic nitrogens is 3. The molecule has 1 saturated heterocycles. The number of carbonyl (C=O) groups is 1. The van der Waals surface area contributed by atoms with E-state index >= 15 is 0 Å². The predicted molar refractivity (Wildman–Crippen MR) is 105 cm³/mol. The highest BCUT2D eigenvalue weighted by molar-refractivity contribution is 6.07. The fourth-order valence-corrected chi connectivity index (χ4v) is 3.25. The maximum atomic E-state index is 12.6. The number of hydrogen-bond acceptors (Lipinski definition) is 4. The Bertz CT molecular complexity index is 917. The first-order valence-electron chi connectivity index (χ1n) is 8.64. The Labute approximate surface area is 158 Å². The third kappa shape index (κ3) is 3.71. The molecule has 6 nitrogen and oxygen atoms in total. The van der Waals surface area contributed by atoms with Crippen molar-refractivity contribution in [3.05, 3.63) is 54.0 Å². The van der Waals surface area contributed by atoms with Gasteiger partial charge in [-0.05, 0) is 44.5 Å². The first kappa shape index (κ1) is 18.4. The molecule has 3 heterocycles. The Balaban J connectivity index is 0.00000196. The number of hydrogen-bond donors (Lipinski definition) is 2. The van der Waals surface area contributed by atoms with Crippen LogP contribution in [0.15, 0.2) is 42.6 Å². The number of fused-ring (bicyclic) bond motifs is 1. The lowest BCUT2D eigenvalue weighted by Crippen LogP contribution is -2.32. The van der Waals surface area contributed by atoms with Crippen LogP contribution in [0.1, 0.15) is 35.1 Å². The van der Waals surface area contributed by atoms with Crippen LogP contribution in [-0.2, 0) is 0 Å². The summed E-state index contributed by atoms with van der Waals surface area (Å²) in [5, 5.41) is 11.8. The molecule has 7 heteroatoms. The number of rotatable bonds is 3. The molecule has 4 rings (SSSR count). The Morgan fingerprint density at radius 2 is 2.15 bits per heavy atom. The molecule has 0 spiro atoms. The molecule has 136 valence electrons. The van der Waals surface area contributed by atoms with E-state index in [9.17, 15) is 4.79 Å². The number of amides is 1. The van der Waals surface area contributed by atoms with Crippen LogP contribution in [0.3, 0.4) is 0 Å². The van der Waals surface area contributed by atoms with Crippen molar-refractivity contribution >= 4 is 34.9 Å². The first-order chi connectivity index (χ1) is 12.2. The van der Waals surface area contributed by atoms with Gasteiger partial charge in [0, 0.05) is 23.8 Å². The average molecular weight is 372 g/mol. The molecule has 0 aliphatic carbocycles. The lowest BCUT2D eigenvalue weighted by atomic mass is 10.1. The Hall–Kier alpha value is -2.44. The van der Waals surface area contributed by atoms with E-state index in [0.29, 0.717) is 17.4 Å². The van der Waals surface area contributed by atoms with Crippen molar-refractivity contribution in [3.63, 3.8) is 0 Å². The number of piperidine rings is 1. The summed E-state index contributed by atoms with van der Waals surface area (Å²) in [5.74, 6) is -0.210. The van der Waals surface area contributed by atoms with Crippen molar-refractivity contribution in [3.8, 4) is 0 Å². The number of anilines is 1. The van der Waals surface area contributed by atoms with Crippen LogP contribution in [0.2, 0.25) is 0 Å². The second kappa shape index (κ2) is 7.85. The van der Waals surface area contributed by atoms with Gasteiger partial charge in [0.2, 0.25) is 0 Å². The summed E-state index contributed by atoms with van der Waals surface area (Å²) >= 11 is 0. The van der Waals surface area contributed by atoms with Crippen LogP contribution < -0.4 is 10.6 Å². The number of carbonyl (C=O) groups excluding carboxylic acids is 1. The third-order valence-corrected chi connectivity index (χ3v) is 4.59. The molecule has 0 saturated carbocycles. The minimum absolute atomic E-state index is 0. The van der Waals surface area contributed by atoms with E-state index in [4.69, 9.17) is 0 Å². The molecule has 3 aromatic rings. The Kier molecular flexibility index (Phi) is 5.54. The van der Waals surface area contributed by atoms with Crippen molar-refractivity contribution in [2.24, 2.45) is 0 Å². The van der Waals surface area contributed by atoms with E-state index in [0.717, 1.165) is 42.5 Å². The molecule has 1 atom stereocenters. The van der Waals surface area contributed by atoms with Crippen LogP contribution in [0.5, 0.6) is 0 Å². The van der Waals surface area contributed by atoms with Gasteiger partial charge in [0.1, 0.15) is 0 Å². The number of para-hydroxylation sites is 1. The highest BCUT2D eigenvalue weighted by Crippen LogP contribution is 2.22. The fourth-order valence-electron chi connectivity index (χ4n) is 3.25. The van der Waals surface area contributed by atoms with E-state index in [-0.39, 0.29) is 18.3 Å². The summed E-state index contributed by atoms with van der Waals surface area (Å²) in [5.41, 5.74) is 2.85. The average Bonchev–Trinajstić information content (AvgIpc) is 3.13. The second-order valence-electron chi connectivity index (χ2n) is 6.47. The zero-order chi connectivity index (χ0) is 17.2. The van der Waals surface area contributed by atoms with Crippen LogP contribution in [0, 0.1) is 6.92 Å². The lowest BCUT2D eigenvalue weighted by Gasteiger charge is -2.22. The molecule has 1 aromatic carbocycles. The van der Waals surface area contributed by atoms with Gasteiger partial charge in [-0.2, -0.15) is 5.10 Å².